The van der Waals surface area contributed by atoms with E-state index in [0.717, 1.165) is 61.7 Å². The molecule has 60 heavy (non-hydrogen) atoms. The predicted octanol–water partition coefficient (Wildman–Crippen LogP) is 18.6. The number of ether oxygens (including phenoxy) is 2. The average molecular weight is 835 g/mol. The summed E-state index contributed by atoms with van der Waals surface area (Å²) in [7, 11) is 0. The molecule has 0 N–H and O–H groups in total. The van der Waals surface area contributed by atoms with Crippen LogP contribution in [0.5, 0.6) is 0 Å². The summed E-state index contributed by atoms with van der Waals surface area (Å²) in [5.74, 6) is 6.22. The molecular weight excluding hydrogens is 729 g/mol. The molecule has 4 aliphatic carbocycles. The summed E-state index contributed by atoms with van der Waals surface area (Å²) in [5.41, 5.74) is 2.81. The highest BCUT2D eigenvalue weighted by atomic mass is 16.5. The maximum absolute atomic E-state index is 6.63. The van der Waals surface area contributed by atoms with E-state index in [1.807, 2.05) is 0 Å². The molecule has 0 heterocycles. The van der Waals surface area contributed by atoms with Crippen LogP contribution in [-0.4, -0.2) is 25.9 Å². The molecule has 0 aromatic carbocycles. The van der Waals surface area contributed by atoms with Crippen LogP contribution in [-0.2, 0) is 9.47 Å². The molecular formula is C58H106O2. The molecule has 4 aliphatic rings. The molecule has 0 aromatic heterocycles. The van der Waals surface area contributed by atoms with Gasteiger partial charge in [0.15, 0.2) is 0 Å². The normalized spacial score (nSPS) is 28.6. The third-order valence-electron chi connectivity index (χ3n) is 16.5. The van der Waals surface area contributed by atoms with Crippen LogP contribution >= 0.6 is 0 Å². The van der Waals surface area contributed by atoms with Gasteiger partial charge in [-0.15, -0.1) is 0 Å². The van der Waals surface area contributed by atoms with Crippen LogP contribution in [0, 0.1) is 52.3 Å². The second-order valence-corrected chi connectivity index (χ2v) is 21.9. The Kier molecular flexibility index (Phi) is 27.7. The summed E-state index contributed by atoms with van der Waals surface area (Å²) < 4.78 is 12.8. The van der Waals surface area contributed by atoms with E-state index in [1.54, 1.807) is 5.57 Å². The van der Waals surface area contributed by atoms with Crippen LogP contribution in [0.25, 0.3) is 0 Å². The van der Waals surface area contributed by atoms with Crippen molar-refractivity contribution in [3.05, 3.63) is 36.0 Å². The second kappa shape index (κ2) is 31.1. The first-order chi connectivity index (χ1) is 29.1. The monoisotopic (exact) mass is 835 g/mol. The van der Waals surface area contributed by atoms with Gasteiger partial charge in [0.2, 0.25) is 0 Å². The van der Waals surface area contributed by atoms with Gasteiger partial charge in [-0.3, -0.25) is 0 Å². The minimum atomic E-state index is 0.432. The van der Waals surface area contributed by atoms with Gasteiger partial charge in [0.05, 0.1) is 6.10 Å². The van der Waals surface area contributed by atoms with Gasteiger partial charge in [-0.25, -0.2) is 0 Å². The topological polar surface area (TPSA) is 18.5 Å². The summed E-state index contributed by atoms with van der Waals surface area (Å²) in [6, 6.07) is 0. The molecule has 3 fully saturated rings. The van der Waals surface area contributed by atoms with Gasteiger partial charge < -0.3 is 9.47 Å². The van der Waals surface area contributed by atoms with E-state index in [2.05, 4.69) is 92.7 Å². The predicted molar refractivity (Wildman–Crippen MR) is 266 cm³/mol. The molecule has 4 rings (SSSR count). The third kappa shape index (κ3) is 18.3. The smallest absolute Gasteiger partial charge is 0.0612 e. The van der Waals surface area contributed by atoms with E-state index >= 15 is 0 Å². The summed E-state index contributed by atoms with van der Waals surface area (Å²) in [4.78, 5) is 0. The third-order valence-corrected chi connectivity index (χ3v) is 16.5. The fraction of sp³-hybridized carbons (Fsp3) is 0.897. The molecule has 2 heteroatoms. The SMILES string of the molecule is CCC.CCCCCC/C=C\C/C=C\CCCCCCCCCOCC(CC)CCCCO[C@H]1CC[C@@]2(C)C(=CCC3C4CCC(C(C)CCCC(C)C)[C@@]4(C)CCC32)C1. The van der Waals surface area contributed by atoms with Gasteiger partial charge in [-0.2, -0.15) is 0 Å². The Bertz CT molecular complexity index is 1150. The second-order valence-electron chi connectivity index (χ2n) is 21.9. The average Bonchev–Trinajstić information content (AvgIpc) is 3.59. The van der Waals surface area contributed by atoms with Crippen LogP contribution in [0.15, 0.2) is 36.0 Å². The number of hydrogen-bond donors (Lipinski definition) is 0. The van der Waals surface area contributed by atoms with Crippen LogP contribution < -0.4 is 0 Å². The summed E-state index contributed by atoms with van der Waals surface area (Å²) >= 11 is 0. The quantitative estimate of drug-likeness (QED) is 0.0512. The van der Waals surface area contributed by atoms with Crippen molar-refractivity contribution in [2.45, 2.75) is 261 Å². The van der Waals surface area contributed by atoms with Gasteiger partial charge in [-0.1, -0.05) is 188 Å². The highest BCUT2D eigenvalue weighted by Gasteiger charge is 2.59. The van der Waals surface area contributed by atoms with E-state index < -0.39 is 0 Å². The molecule has 9 atom stereocenters. The molecule has 0 bridgehead atoms. The zero-order valence-corrected chi connectivity index (χ0v) is 42.2. The van der Waals surface area contributed by atoms with E-state index in [9.17, 15) is 0 Å². The molecule has 6 unspecified atom stereocenters. The van der Waals surface area contributed by atoms with Gasteiger partial charge in [0.25, 0.3) is 0 Å². The first-order valence-corrected chi connectivity index (χ1v) is 27.3. The largest absolute Gasteiger partial charge is 0.381 e. The summed E-state index contributed by atoms with van der Waals surface area (Å²) in [6.45, 7) is 24.6. The zero-order chi connectivity index (χ0) is 43.5. The summed E-state index contributed by atoms with van der Waals surface area (Å²) in [5, 5.41) is 0. The summed E-state index contributed by atoms with van der Waals surface area (Å²) in [6.07, 6.45) is 52.9. The molecule has 0 saturated heterocycles. The Morgan fingerprint density at radius 2 is 1.33 bits per heavy atom. The van der Waals surface area contributed by atoms with E-state index in [4.69, 9.17) is 9.47 Å². The lowest BCUT2D eigenvalue weighted by Crippen LogP contribution is -2.51. The Morgan fingerprint density at radius 3 is 2.02 bits per heavy atom. The van der Waals surface area contributed by atoms with Crippen molar-refractivity contribution < 1.29 is 9.47 Å². The Labute approximate surface area is 377 Å². The minimum absolute atomic E-state index is 0.432. The van der Waals surface area contributed by atoms with Crippen molar-refractivity contribution in [3.8, 4) is 0 Å². The van der Waals surface area contributed by atoms with Gasteiger partial charge in [0.1, 0.15) is 0 Å². The molecule has 350 valence electrons. The van der Waals surface area contributed by atoms with Crippen LogP contribution in [0.4, 0.5) is 0 Å². The van der Waals surface area contributed by atoms with Crippen molar-refractivity contribution in [1.29, 1.82) is 0 Å². The Morgan fingerprint density at radius 1 is 0.667 bits per heavy atom. The fourth-order valence-electron chi connectivity index (χ4n) is 12.8. The number of hydrogen-bond acceptors (Lipinski definition) is 2. The standard InChI is InChI=1S/C55H98O2.C3H8/c1-8-10-11-12-13-14-15-16-17-18-19-20-21-22-23-24-25-27-41-56-44-47(9-2)32-26-28-42-57-49-37-39-54(6)48(43-49)33-34-50-52-36-35-51(46(5)31-29-30-45(3)4)55(52,7)40-38-53(50)54;1-3-2/h14-15,17-18,33,45-47,49-53H,8-13,16,19-32,34-44H2,1-7H3;3H2,1-2H3/b15-14-,18-17-;/t46?,47?,49-,50?,51?,52?,53?,54-,55+;/m0./s1. The van der Waals surface area contributed by atoms with E-state index in [-0.39, 0.29) is 0 Å². The lowest BCUT2D eigenvalue weighted by Gasteiger charge is -2.58. The molecule has 0 amide bonds. The van der Waals surface area contributed by atoms with Crippen LogP contribution in [0.3, 0.4) is 0 Å². The van der Waals surface area contributed by atoms with Gasteiger partial charge in [-0.05, 0) is 155 Å². The van der Waals surface area contributed by atoms with Crippen molar-refractivity contribution >= 4 is 0 Å². The van der Waals surface area contributed by atoms with Crippen molar-refractivity contribution in [1.82, 2.24) is 0 Å². The molecule has 3 saturated carbocycles. The number of allylic oxidation sites excluding steroid dienone is 5. The van der Waals surface area contributed by atoms with Crippen molar-refractivity contribution in [2.24, 2.45) is 52.3 Å². The first kappa shape index (κ1) is 53.5. The maximum atomic E-state index is 6.63. The molecule has 0 aliphatic heterocycles. The Balaban J connectivity index is 0.00000311. The fourth-order valence-corrected chi connectivity index (χ4v) is 12.8. The lowest BCUT2D eigenvalue weighted by atomic mass is 9.47. The van der Waals surface area contributed by atoms with Crippen LogP contribution in [0.2, 0.25) is 0 Å². The maximum Gasteiger partial charge on any atom is 0.0612 e. The number of unbranched alkanes of at least 4 members (excludes halogenated alkanes) is 12. The van der Waals surface area contributed by atoms with E-state index in [0.29, 0.717) is 22.9 Å². The highest BCUT2D eigenvalue weighted by Crippen LogP contribution is 2.67. The zero-order valence-electron chi connectivity index (χ0n) is 42.2. The Hall–Kier alpha value is -0.860. The minimum Gasteiger partial charge on any atom is -0.381 e. The molecule has 0 aromatic rings. The van der Waals surface area contributed by atoms with Crippen molar-refractivity contribution in [2.75, 3.05) is 19.8 Å². The number of rotatable bonds is 31. The first-order valence-electron chi connectivity index (χ1n) is 27.3. The number of fused-ring (bicyclic) bond motifs is 5. The highest BCUT2D eigenvalue weighted by molar-refractivity contribution is 5.25. The van der Waals surface area contributed by atoms with Gasteiger partial charge >= 0.3 is 0 Å². The molecule has 2 nitrogen and oxygen atoms in total. The molecule has 0 spiro atoms. The van der Waals surface area contributed by atoms with Gasteiger partial charge in [0, 0.05) is 19.8 Å². The van der Waals surface area contributed by atoms with Crippen LogP contribution in [0.1, 0.15) is 255 Å². The lowest BCUT2D eigenvalue weighted by molar-refractivity contribution is -0.0641. The van der Waals surface area contributed by atoms with E-state index in [1.165, 1.54) is 186 Å². The van der Waals surface area contributed by atoms with Crippen molar-refractivity contribution in [3.63, 3.8) is 0 Å². The molecule has 0 radical (unpaired) electrons.